The molecule has 30 heavy (non-hydrogen) atoms. The van der Waals surface area contributed by atoms with Gasteiger partial charge in [-0.25, -0.2) is 15.0 Å². The summed E-state index contributed by atoms with van der Waals surface area (Å²) in [5.74, 6) is 1.67. The molecule has 0 unspecified atom stereocenters. The van der Waals surface area contributed by atoms with E-state index in [4.69, 9.17) is 4.98 Å². The number of fused-ring (bicyclic) bond motifs is 2. The van der Waals surface area contributed by atoms with Crippen molar-refractivity contribution in [2.24, 2.45) is 0 Å². The van der Waals surface area contributed by atoms with Crippen LogP contribution in [0.25, 0.3) is 33.3 Å². The van der Waals surface area contributed by atoms with Crippen LogP contribution in [0.1, 0.15) is 38.6 Å². The van der Waals surface area contributed by atoms with Crippen molar-refractivity contribution in [2.45, 2.75) is 45.7 Å². The Morgan fingerprint density at radius 1 is 1.13 bits per heavy atom. The molecule has 4 aromatic heterocycles. The lowest BCUT2D eigenvalue weighted by Gasteiger charge is -2.29. The van der Waals surface area contributed by atoms with Gasteiger partial charge in [0.2, 0.25) is 5.95 Å². The maximum Gasteiger partial charge on any atom is 0.224 e. The minimum absolute atomic E-state index is 0.326. The third-order valence-electron chi connectivity index (χ3n) is 6.03. The molecule has 0 amide bonds. The number of rotatable bonds is 4. The minimum Gasteiger partial charge on any atom is -0.351 e. The molecule has 2 N–H and O–H groups in total. The first-order valence-electron chi connectivity index (χ1n) is 10.6. The third-order valence-corrected chi connectivity index (χ3v) is 6.03. The highest BCUT2D eigenvalue weighted by Gasteiger charge is 2.18. The number of imidazole rings is 1. The Morgan fingerprint density at radius 3 is 2.70 bits per heavy atom. The fraction of sp³-hybridized carbons (Fsp3) is 0.455. The normalized spacial score (nSPS) is 16.2. The van der Waals surface area contributed by atoms with Crippen molar-refractivity contribution in [3.05, 3.63) is 30.5 Å². The number of likely N-dealkylation sites (tertiary alicyclic amines) is 1. The zero-order valence-corrected chi connectivity index (χ0v) is 18.0. The predicted molar refractivity (Wildman–Crippen MR) is 120 cm³/mol. The molecule has 0 bridgehead atoms. The summed E-state index contributed by atoms with van der Waals surface area (Å²) in [4.78, 5) is 24.2. The van der Waals surface area contributed by atoms with Gasteiger partial charge in [-0.3, -0.25) is 0 Å². The number of aromatic nitrogens is 6. The zero-order chi connectivity index (χ0) is 20.8. The summed E-state index contributed by atoms with van der Waals surface area (Å²) in [5.41, 5.74) is 4.76. The van der Waals surface area contributed by atoms with Crippen LogP contribution in [-0.4, -0.2) is 60.6 Å². The Kier molecular flexibility index (Phi) is 4.66. The largest absolute Gasteiger partial charge is 0.351 e. The number of aromatic amines is 1. The van der Waals surface area contributed by atoms with Crippen LogP contribution >= 0.6 is 0 Å². The number of H-pyrrole nitrogens is 1. The van der Waals surface area contributed by atoms with E-state index < -0.39 is 0 Å². The molecule has 0 spiro atoms. The van der Waals surface area contributed by atoms with Gasteiger partial charge in [-0.2, -0.15) is 4.98 Å². The van der Waals surface area contributed by atoms with Crippen LogP contribution in [0.5, 0.6) is 0 Å². The maximum atomic E-state index is 4.72. The summed E-state index contributed by atoms with van der Waals surface area (Å²) in [5, 5.41) is 4.49. The first-order chi connectivity index (χ1) is 14.5. The number of nitrogens with one attached hydrogen (secondary N) is 2. The van der Waals surface area contributed by atoms with Crippen molar-refractivity contribution in [2.75, 3.05) is 25.5 Å². The van der Waals surface area contributed by atoms with Gasteiger partial charge in [0.05, 0.1) is 5.52 Å². The van der Waals surface area contributed by atoms with Gasteiger partial charge in [-0.1, -0.05) is 0 Å². The fourth-order valence-corrected chi connectivity index (χ4v) is 4.44. The lowest BCUT2D eigenvalue weighted by Crippen LogP contribution is -2.37. The average Bonchev–Trinajstić information content (AvgIpc) is 3.28. The highest BCUT2D eigenvalue weighted by molar-refractivity contribution is 5.95. The van der Waals surface area contributed by atoms with Crippen molar-refractivity contribution < 1.29 is 0 Å². The lowest BCUT2D eigenvalue weighted by molar-refractivity contribution is 0.263. The Balaban J connectivity index is 1.47. The predicted octanol–water partition coefficient (Wildman–Crippen LogP) is 3.77. The van der Waals surface area contributed by atoms with Crippen molar-refractivity contribution in [3.63, 3.8) is 0 Å². The van der Waals surface area contributed by atoms with Gasteiger partial charge >= 0.3 is 0 Å². The Labute approximate surface area is 175 Å². The van der Waals surface area contributed by atoms with Crippen LogP contribution in [-0.2, 0) is 0 Å². The molecule has 4 aromatic rings. The molecule has 0 aromatic carbocycles. The van der Waals surface area contributed by atoms with Crippen LogP contribution in [0.3, 0.4) is 0 Å². The molecule has 8 heteroatoms. The lowest BCUT2D eigenvalue weighted by atomic mass is 10.1. The molecule has 1 fully saturated rings. The van der Waals surface area contributed by atoms with E-state index >= 15 is 0 Å². The van der Waals surface area contributed by atoms with E-state index in [-0.39, 0.29) is 0 Å². The maximum absolute atomic E-state index is 4.72. The SMILES string of the molecule is Cc1nc2ncc(-c3c[nH]c4nc(NC5CCN(C)CC5)ncc34)cc2n1C(C)C. The molecular weight excluding hydrogens is 376 g/mol. The smallest absolute Gasteiger partial charge is 0.224 e. The average molecular weight is 405 g/mol. The standard InChI is InChI=1S/C22H28N8/c1-13(2)30-14(3)26-21-19(30)9-15(10-23-21)17-11-24-20-18(17)12-25-22(28-20)27-16-5-7-29(4)8-6-16/h9-13,16H,5-8H2,1-4H3,(H2,24,25,27,28). The van der Waals surface area contributed by atoms with Crippen LogP contribution in [0, 0.1) is 6.92 Å². The number of pyridine rings is 1. The van der Waals surface area contributed by atoms with E-state index in [1.807, 2.05) is 25.5 Å². The molecule has 0 atom stereocenters. The molecule has 1 saturated heterocycles. The van der Waals surface area contributed by atoms with Crippen LogP contribution in [0.2, 0.25) is 0 Å². The first-order valence-corrected chi connectivity index (χ1v) is 10.6. The van der Waals surface area contributed by atoms with Crippen LogP contribution in [0.15, 0.2) is 24.7 Å². The topological polar surface area (TPSA) is 87.5 Å². The zero-order valence-electron chi connectivity index (χ0n) is 18.0. The Bertz CT molecular complexity index is 1200. The summed E-state index contributed by atoms with van der Waals surface area (Å²) in [7, 11) is 2.17. The van der Waals surface area contributed by atoms with Gasteiger partial charge in [0.1, 0.15) is 11.5 Å². The molecule has 0 aliphatic carbocycles. The molecule has 0 radical (unpaired) electrons. The highest BCUT2D eigenvalue weighted by atomic mass is 15.2. The summed E-state index contributed by atoms with van der Waals surface area (Å²) < 4.78 is 2.22. The van der Waals surface area contributed by atoms with Gasteiger partial charge in [0.15, 0.2) is 5.65 Å². The Hall–Kier alpha value is -3.00. The van der Waals surface area contributed by atoms with Gasteiger partial charge in [-0.05, 0) is 59.8 Å². The van der Waals surface area contributed by atoms with E-state index in [9.17, 15) is 0 Å². The number of piperidine rings is 1. The quantitative estimate of drug-likeness (QED) is 0.538. The second-order valence-corrected chi connectivity index (χ2v) is 8.57. The van der Waals surface area contributed by atoms with Crippen LogP contribution in [0.4, 0.5) is 5.95 Å². The number of nitrogens with zero attached hydrogens (tertiary/aromatic N) is 6. The summed E-state index contributed by atoms with van der Waals surface area (Å²) in [6.45, 7) is 8.57. The Morgan fingerprint density at radius 2 is 1.93 bits per heavy atom. The second kappa shape index (κ2) is 7.36. The molecular formula is C22H28N8. The van der Waals surface area contributed by atoms with E-state index in [1.54, 1.807) is 0 Å². The van der Waals surface area contributed by atoms with Crippen molar-refractivity contribution in [1.82, 2.24) is 34.4 Å². The monoisotopic (exact) mass is 404 g/mol. The molecule has 1 aliphatic rings. The van der Waals surface area contributed by atoms with Gasteiger partial charge in [0, 0.05) is 47.2 Å². The number of aryl methyl sites for hydroxylation is 1. The fourth-order valence-electron chi connectivity index (χ4n) is 4.44. The van der Waals surface area contributed by atoms with E-state index in [1.165, 1.54) is 0 Å². The first kappa shape index (κ1) is 19.0. The number of hydrogen-bond donors (Lipinski definition) is 2. The summed E-state index contributed by atoms with van der Waals surface area (Å²) >= 11 is 0. The summed E-state index contributed by atoms with van der Waals surface area (Å²) in [6, 6.07) is 2.92. The number of hydrogen-bond acceptors (Lipinski definition) is 6. The molecule has 1 aliphatic heterocycles. The molecule has 5 heterocycles. The summed E-state index contributed by atoms with van der Waals surface area (Å²) in [6.07, 6.45) is 8.00. The van der Waals surface area contributed by atoms with Crippen molar-refractivity contribution >= 4 is 28.1 Å². The van der Waals surface area contributed by atoms with Crippen molar-refractivity contribution in [1.29, 1.82) is 0 Å². The van der Waals surface area contributed by atoms with E-state index in [0.29, 0.717) is 18.0 Å². The van der Waals surface area contributed by atoms with Crippen molar-refractivity contribution in [3.8, 4) is 11.1 Å². The second-order valence-electron chi connectivity index (χ2n) is 8.57. The number of anilines is 1. The molecule has 8 nitrogen and oxygen atoms in total. The van der Waals surface area contributed by atoms with Crippen LogP contribution < -0.4 is 5.32 Å². The van der Waals surface area contributed by atoms with Gasteiger partial charge in [-0.15, -0.1) is 0 Å². The van der Waals surface area contributed by atoms with E-state index in [0.717, 1.165) is 65.1 Å². The molecule has 0 saturated carbocycles. The van der Waals surface area contributed by atoms with E-state index in [2.05, 4.69) is 61.7 Å². The van der Waals surface area contributed by atoms with Gasteiger partial charge in [0.25, 0.3) is 0 Å². The molecule has 5 rings (SSSR count). The highest BCUT2D eigenvalue weighted by Crippen LogP contribution is 2.30. The minimum atomic E-state index is 0.326. The molecule has 156 valence electrons. The third kappa shape index (κ3) is 3.31. The van der Waals surface area contributed by atoms with Gasteiger partial charge < -0.3 is 19.8 Å².